The number of hydrogen-bond donors (Lipinski definition) is 1. The highest BCUT2D eigenvalue weighted by atomic mass is 31.2. The average molecular weight is 385 g/mol. The van der Waals surface area contributed by atoms with Crippen molar-refractivity contribution >= 4 is 19.3 Å². The topological polar surface area (TPSA) is 61.4 Å². The zero-order valence-electron chi connectivity index (χ0n) is 15.2. The molecule has 0 saturated carbocycles. The van der Waals surface area contributed by atoms with E-state index in [1.807, 2.05) is 63.9 Å². The largest absolute Gasteiger partial charge is 0.461 e. The van der Waals surface area contributed by atoms with Crippen molar-refractivity contribution in [1.82, 2.24) is 9.34 Å². The molecule has 0 bridgehead atoms. The van der Waals surface area contributed by atoms with Gasteiger partial charge in [0.1, 0.15) is 6.61 Å². The molecule has 2 fully saturated rings. The van der Waals surface area contributed by atoms with Crippen molar-refractivity contribution in [2.75, 3.05) is 31.3 Å². The van der Waals surface area contributed by atoms with Crippen LogP contribution >= 0.6 is 7.59 Å². The lowest BCUT2D eigenvalue weighted by molar-refractivity contribution is -0.144. The molecule has 0 unspecified atom stereocenters. The summed E-state index contributed by atoms with van der Waals surface area (Å²) in [7, 11) is -2.60. The first-order valence-electron chi connectivity index (χ1n) is 9.31. The molecule has 0 spiro atoms. The highest BCUT2D eigenvalue weighted by Gasteiger charge is 2.47. The molecule has 2 saturated heterocycles. The predicted octanol–water partition coefficient (Wildman–Crippen LogP) is 3.51. The molecule has 142 valence electrons. The van der Waals surface area contributed by atoms with Gasteiger partial charge in [0.05, 0.1) is 0 Å². The predicted molar refractivity (Wildman–Crippen MR) is 105 cm³/mol. The molecule has 2 aliphatic heterocycles. The maximum atomic E-state index is 13.1. The Morgan fingerprint density at radius 3 is 2.15 bits per heavy atom. The Morgan fingerprint density at radius 2 is 1.56 bits per heavy atom. The molecule has 0 aliphatic carbocycles. The van der Waals surface area contributed by atoms with Gasteiger partial charge in [-0.15, -0.1) is 0 Å². The molecule has 2 heterocycles. The molecule has 2 aromatic rings. The van der Waals surface area contributed by atoms with E-state index in [4.69, 9.17) is 4.74 Å². The van der Waals surface area contributed by atoms with E-state index in [0.29, 0.717) is 19.4 Å². The van der Waals surface area contributed by atoms with Gasteiger partial charge in [0.15, 0.2) is 0 Å². The van der Waals surface area contributed by atoms with Crippen molar-refractivity contribution in [2.45, 2.75) is 19.4 Å². The van der Waals surface area contributed by atoms with Crippen LogP contribution in [0.5, 0.6) is 0 Å². The summed E-state index contributed by atoms with van der Waals surface area (Å²) in [5.41, 5.74) is 2.90. The number of hydrogen-bond acceptors (Lipinski definition) is 3. The number of nitrogens with zero attached hydrogens (tertiary/aromatic N) is 2. The first-order valence-corrected chi connectivity index (χ1v) is 10.9. The third-order valence-corrected chi connectivity index (χ3v) is 7.59. The number of benzene rings is 2. The van der Waals surface area contributed by atoms with E-state index < -0.39 is 7.59 Å². The summed E-state index contributed by atoms with van der Waals surface area (Å²) in [5, 5.41) is 3.23. The Kier molecular flexibility index (Phi) is 5.30. The molecule has 0 atom stereocenters. The first-order chi connectivity index (χ1) is 13.1. The lowest BCUT2D eigenvalue weighted by atomic mass is 10.1. The fourth-order valence-electron chi connectivity index (χ4n) is 2.92. The van der Waals surface area contributed by atoms with Crippen LogP contribution in [0.3, 0.4) is 0 Å². The van der Waals surface area contributed by atoms with Crippen LogP contribution in [0.2, 0.25) is 0 Å². The number of aryl methyl sites for hydroxylation is 1. The van der Waals surface area contributed by atoms with Crippen LogP contribution in [0.1, 0.15) is 17.5 Å². The van der Waals surface area contributed by atoms with Gasteiger partial charge in [0, 0.05) is 38.3 Å². The van der Waals surface area contributed by atoms with Gasteiger partial charge >= 0.3 is 13.6 Å². The molecule has 0 aromatic heterocycles. The second-order valence-electron chi connectivity index (χ2n) is 6.91. The van der Waals surface area contributed by atoms with Gasteiger partial charge in [-0.2, -0.15) is 0 Å². The molecule has 0 amide bonds. The number of ether oxygens (including phenoxy) is 1. The minimum absolute atomic E-state index is 0.200. The standard InChI is InChI=1S/C20H24N3O3P/c24-20(26-16-18-4-2-1-3-5-18)11-8-17-6-9-19(10-7-17)21-27(25,22-12-13-22)23-14-15-23/h1-7,9-10H,8,11-16H2,(H,21,25). The molecule has 27 heavy (non-hydrogen) atoms. The van der Waals surface area contributed by atoms with Crippen LogP contribution in [0, 0.1) is 0 Å². The van der Waals surface area contributed by atoms with E-state index in [1.165, 1.54) is 0 Å². The molecule has 6 nitrogen and oxygen atoms in total. The van der Waals surface area contributed by atoms with Gasteiger partial charge in [-0.25, -0.2) is 9.34 Å². The number of carbonyl (C=O) groups is 1. The van der Waals surface area contributed by atoms with E-state index in [0.717, 1.165) is 43.0 Å². The Balaban J connectivity index is 1.25. The van der Waals surface area contributed by atoms with Crippen molar-refractivity contribution in [3.8, 4) is 0 Å². The summed E-state index contributed by atoms with van der Waals surface area (Å²) >= 11 is 0. The molecular weight excluding hydrogens is 361 g/mol. The summed E-state index contributed by atoms with van der Waals surface area (Å²) in [5.74, 6) is -0.200. The van der Waals surface area contributed by atoms with E-state index in [9.17, 15) is 9.36 Å². The summed E-state index contributed by atoms with van der Waals surface area (Å²) in [6.45, 7) is 3.88. The summed E-state index contributed by atoms with van der Waals surface area (Å²) in [6, 6.07) is 17.5. The Bertz CT molecular complexity index is 817. The van der Waals surface area contributed by atoms with Gasteiger partial charge in [0.25, 0.3) is 0 Å². The SMILES string of the molecule is O=C(CCc1ccc(NP(=O)(N2CC2)N2CC2)cc1)OCc1ccccc1. The molecule has 4 rings (SSSR count). The van der Waals surface area contributed by atoms with Crippen LogP contribution in [-0.4, -0.2) is 41.5 Å². The lowest BCUT2D eigenvalue weighted by Gasteiger charge is -2.22. The monoisotopic (exact) mass is 385 g/mol. The quantitative estimate of drug-likeness (QED) is 0.405. The van der Waals surface area contributed by atoms with Gasteiger partial charge in [-0.05, 0) is 29.7 Å². The van der Waals surface area contributed by atoms with Crippen LogP contribution in [0.25, 0.3) is 0 Å². The maximum absolute atomic E-state index is 13.1. The third-order valence-electron chi connectivity index (χ3n) is 4.70. The van der Waals surface area contributed by atoms with Gasteiger partial charge < -0.3 is 9.82 Å². The second kappa shape index (κ2) is 7.85. The Morgan fingerprint density at radius 1 is 0.926 bits per heavy atom. The molecule has 1 N–H and O–H groups in total. The molecular formula is C20H24N3O3P. The minimum Gasteiger partial charge on any atom is -0.461 e. The fraction of sp³-hybridized carbons (Fsp3) is 0.350. The van der Waals surface area contributed by atoms with Crippen LogP contribution in [-0.2, 0) is 27.1 Å². The highest BCUT2D eigenvalue weighted by Crippen LogP contribution is 2.59. The van der Waals surface area contributed by atoms with E-state index >= 15 is 0 Å². The van der Waals surface area contributed by atoms with E-state index in [1.54, 1.807) is 0 Å². The lowest BCUT2D eigenvalue weighted by Crippen LogP contribution is -2.12. The fourth-order valence-corrected chi connectivity index (χ4v) is 5.31. The van der Waals surface area contributed by atoms with Crippen molar-refractivity contribution in [3.63, 3.8) is 0 Å². The van der Waals surface area contributed by atoms with Crippen molar-refractivity contribution in [1.29, 1.82) is 0 Å². The zero-order valence-corrected chi connectivity index (χ0v) is 16.1. The Labute approximate surface area is 159 Å². The highest BCUT2D eigenvalue weighted by molar-refractivity contribution is 7.61. The number of rotatable bonds is 9. The number of esters is 1. The first kappa shape index (κ1) is 18.2. The van der Waals surface area contributed by atoms with E-state index in [-0.39, 0.29) is 5.97 Å². The van der Waals surface area contributed by atoms with Crippen molar-refractivity contribution in [2.24, 2.45) is 0 Å². The molecule has 0 radical (unpaired) electrons. The summed E-state index contributed by atoms with van der Waals surface area (Å²) < 4.78 is 22.4. The molecule has 7 heteroatoms. The summed E-state index contributed by atoms with van der Waals surface area (Å²) in [4.78, 5) is 11.9. The van der Waals surface area contributed by atoms with Gasteiger partial charge in [0.2, 0.25) is 0 Å². The van der Waals surface area contributed by atoms with Crippen molar-refractivity contribution < 1.29 is 14.1 Å². The van der Waals surface area contributed by atoms with Gasteiger partial charge in [-0.1, -0.05) is 42.5 Å². The minimum atomic E-state index is -2.60. The Hall–Kier alpha value is -2.14. The smallest absolute Gasteiger partial charge is 0.308 e. The number of carbonyl (C=O) groups excluding carboxylic acids is 1. The van der Waals surface area contributed by atoms with Crippen LogP contribution in [0.4, 0.5) is 5.69 Å². The maximum Gasteiger partial charge on any atom is 0.308 e. The van der Waals surface area contributed by atoms with Crippen LogP contribution < -0.4 is 5.09 Å². The summed E-state index contributed by atoms with van der Waals surface area (Å²) in [6.07, 6.45) is 0.976. The van der Waals surface area contributed by atoms with E-state index in [2.05, 4.69) is 5.09 Å². The molecule has 2 aromatic carbocycles. The second-order valence-corrected chi connectivity index (χ2v) is 9.35. The normalized spacial score (nSPS) is 16.7. The average Bonchev–Trinajstić information content (AvgIpc) is 3.58. The number of nitrogens with one attached hydrogen (secondary N) is 1. The van der Waals surface area contributed by atoms with Crippen LogP contribution in [0.15, 0.2) is 54.6 Å². The zero-order chi connectivity index (χ0) is 18.7. The van der Waals surface area contributed by atoms with Gasteiger partial charge in [-0.3, -0.25) is 9.36 Å². The third kappa shape index (κ3) is 4.78. The number of anilines is 1. The van der Waals surface area contributed by atoms with Crippen molar-refractivity contribution in [3.05, 3.63) is 65.7 Å². The molecule has 2 aliphatic rings.